The molecule has 0 saturated carbocycles. The molecule has 3 unspecified atom stereocenters. The van der Waals surface area contributed by atoms with Gasteiger partial charge in [-0.05, 0) is 83.5 Å². The standard InChI is InChI=1S/C28H26FN3O5.C26H24FN3O4.C21H20FN3O5.C4H6O3.CH3.Pd.H2.H/c1-18(33)31-13-14-32-24(31)16-30-15-22(23(34)12-9-19-7-10-21(29)11-8-19)26(35)27(25(30)28(32)36)37-17-20-5-3-2-4-6-20;27-19-9-6-17(7-10-19)8-11-21(31)20-14-29-15-22-28-12-13-30(22)26(33)23(29)25(24(20)32)34-16-18-4-2-1-3-5-18;1-12(26)24-8-9-25-17(24)11-23-10-15(19(28)20(29)18(23)21(25)30)16(27)7-4-13-2-5-14(22)6-3-13;1-3(5)7-4(2)6;;;;/h2-8,10-11,15,24H,9,12-14,16-17H2,1H3;1-7,9-10,14,22,28H,8,11-13,15-16H2;2-3,5-6,10,17,29H,4,7-9,11H2,1H3;1-2H3;1H3;;1H;/q;;;;-1;;;-1. The van der Waals surface area contributed by atoms with Gasteiger partial charge in [-0.1, -0.05) is 97.1 Å². The van der Waals surface area contributed by atoms with E-state index in [0.717, 1.165) is 27.8 Å². The van der Waals surface area contributed by atoms with E-state index in [4.69, 9.17) is 9.47 Å². The average Bonchev–Trinajstić information content (AvgIpc) is 1.42. The van der Waals surface area contributed by atoms with E-state index in [0.29, 0.717) is 65.1 Å². The predicted molar refractivity (Wildman–Crippen MR) is 392 cm³/mol. The van der Waals surface area contributed by atoms with Gasteiger partial charge in [0.25, 0.3) is 17.7 Å². The second kappa shape index (κ2) is 36.4. The van der Waals surface area contributed by atoms with E-state index in [1.165, 1.54) is 92.2 Å². The van der Waals surface area contributed by atoms with Crippen LogP contribution in [0, 0.1) is 24.9 Å². The molecular weight excluding hydrogens is 1520 g/mol. The number of carbonyl (C=O) groups excluding carboxylic acids is 10. The van der Waals surface area contributed by atoms with Crippen molar-refractivity contribution in [1.29, 1.82) is 0 Å². The first-order valence-electron chi connectivity index (χ1n) is 34.8. The number of aromatic nitrogens is 3. The topological polar surface area (TPSA) is 313 Å². The van der Waals surface area contributed by atoms with Crippen molar-refractivity contribution in [3.05, 3.63) is 269 Å². The van der Waals surface area contributed by atoms with Crippen LogP contribution in [0.5, 0.6) is 17.2 Å². The van der Waals surface area contributed by atoms with E-state index in [1.54, 1.807) is 65.1 Å². The Labute approximate surface area is 646 Å². The maximum absolute atomic E-state index is 13.5. The van der Waals surface area contributed by atoms with Crippen LogP contribution in [0.1, 0.15) is 140 Å². The number of aromatic hydroxyl groups is 1. The SMILES string of the molecule is CC(=O)N1CCN2C(=O)c3c(O)c(=O)c(C(=O)CCc4ccc(F)cc4)cn3CC12.CC(=O)N1CCN2C(=O)c3c(OCc4ccccc4)c(=O)c(C(=O)CCc4ccc(F)cc4)cn3CC12.CC(=O)OC(C)=O.O=C(CCc1ccc(F)cc1)c1cn2c(c(OCc3ccccc3)c1=O)C(=O)N1CCNC1C2.[CH3-].[H-].[HH].[Pd]. The van der Waals surface area contributed by atoms with E-state index >= 15 is 0 Å². The van der Waals surface area contributed by atoms with Crippen molar-refractivity contribution in [1.82, 2.24) is 43.5 Å². The van der Waals surface area contributed by atoms with Crippen LogP contribution < -0.4 is 31.1 Å². The number of aryl methyl sites for hydroxylation is 3. The minimum atomic E-state index is -0.889. The molecule has 3 saturated heterocycles. The summed E-state index contributed by atoms with van der Waals surface area (Å²) in [5, 5.41) is 13.7. The van der Waals surface area contributed by atoms with Gasteiger partial charge >= 0.3 is 11.9 Å². The molecule has 110 heavy (non-hydrogen) atoms. The third-order valence-corrected chi connectivity index (χ3v) is 19.0. The van der Waals surface area contributed by atoms with Gasteiger partial charge in [0.15, 0.2) is 51.7 Å². The van der Waals surface area contributed by atoms with E-state index in [9.17, 15) is 80.6 Å². The maximum Gasteiger partial charge on any atom is 0.310 e. The Morgan fingerprint density at radius 3 is 1.16 bits per heavy atom. The monoisotopic (exact) mass is 1600 g/mol. The van der Waals surface area contributed by atoms with Crippen molar-refractivity contribution in [2.75, 3.05) is 39.3 Å². The summed E-state index contributed by atoms with van der Waals surface area (Å²) >= 11 is 0. The maximum atomic E-state index is 13.5. The summed E-state index contributed by atoms with van der Waals surface area (Å²) in [5.41, 5.74) is 1.63. The van der Waals surface area contributed by atoms with Crippen LogP contribution in [0.15, 0.2) is 166 Å². The largest absolute Gasteiger partial charge is 1.00 e. The molecule has 582 valence electrons. The normalized spacial score (nSPS) is 16.0. The first-order chi connectivity index (χ1) is 51.7. The van der Waals surface area contributed by atoms with Crippen molar-refractivity contribution in [2.24, 2.45) is 0 Å². The number of amides is 5. The van der Waals surface area contributed by atoms with Crippen LogP contribution in [-0.2, 0) is 96.4 Å². The average molecular weight is 1600 g/mol. The van der Waals surface area contributed by atoms with Crippen LogP contribution in [0.3, 0.4) is 0 Å². The van der Waals surface area contributed by atoms with Crippen molar-refractivity contribution in [3.63, 3.8) is 0 Å². The molecule has 26 nitrogen and oxygen atoms in total. The first-order valence-corrected chi connectivity index (χ1v) is 34.8. The summed E-state index contributed by atoms with van der Waals surface area (Å²) in [5.74, 6) is -6.04. The molecule has 5 amide bonds. The number of Topliss-reactive ketones (excluding diaryl/α,β-unsaturated/α-hetero) is 3. The number of nitrogens with zero attached hydrogens (tertiary/aromatic N) is 8. The zero-order valence-corrected chi connectivity index (χ0v) is 62.2. The molecule has 9 heterocycles. The van der Waals surface area contributed by atoms with Crippen LogP contribution >= 0.6 is 0 Å². The summed E-state index contributed by atoms with van der Waals surface area (Å²) in [6.07, 6.45) is 4.07. The number of hydrogen-bond acceptors (Lipinski definition) is 18. The van der Waals surface area contributed by atoms with Crippen LogP contribution in [0.25, 0.3) is 0 Å². The molecule has 30 heteroatoms. The molecule has 3 atom stereocenters. The molecule has 0 spiro atoms. The molecule has 2 N–H and O–H groups in total. The predicted octanol–water partition coefficient (Wildman–Crippen LogP) is 7.85. The Kier molecular flexibility index (Phi) is 27.3. The molecule has 0 bridgehead atoms. The van der Waals surface area contributed by atoms with Crippen molar-refractivity contribution in [3.8, 4) is 17.2 Å². The van der Waals surface area contributed by atoms with Gasteiger partial charge in [0.1, 0.15) is 49.2 Å². The van der Waals surface area contributed by atoms with Crippen molar-refractivity contribution >= 4 is 58.8 Å². The minimum absolute atomic E-state index is 0. The summed E-state index contributed by atoms with van der Waals surface area (Å²) in [4.78, 5) is 169. The molecule has 3 aromatic heterocycles. The third kappa shape index (κ3) is 18.9. The fourth-order valence-corrected chi connectivity index (χ4v) is 13.6. The fraction of sp³-hybridized carbons (Fsp3) is 0.300. The number of ketones is 3. The zero-order chi connectivity index (χ0) is 77.2. The van der Waals surface area contributed by atoms with E-state index in [1.807, 2.05) is 60.7 Å². The Balaban J connectivity index is 0.000000220. The van der Waals surface area contributed by atoms with Gasteiger partial charge in [-0.15, -0.1) is 0 Å². The van der Waals surface area contributed by atoms with Gasteiger partial charge in [0.05, 0.1) is 36.3 Å². The van der Waals surface area contributed by atoms with Crippen molar-refractivity contribution < 1.29 is 104 Å². The van der Waals surface area contributed by atoms with Crippen molar-refractivity contribution in [2.45, 2.75) is 118 Å². The van der Waals surface area contributed by atoms with Gasteiger partial charge in [-0.2, -0.15) is 0 Å². The molecule has 14 rings (SSSR count). The molecule has 0 aliphatic carbocycles. The third-order valence-electron chi connectivity index (χ3n) is 19.0. The summed E-state index contributed by atoms with van der Waals surface area (Å²) < 4.78 is 59.8. The summed E-state index contributed by atoms with van der Waals surface area (Å²) in [6, 6.07) is 36.0. The second-order valence-corrected chi connectivity index (χ2v) is 26.3. The summed E-state index contributed by atoms with van der Waals surface area (Å²) in [7, 11) is 0. The Morgan fingerprint density at radius 2 is 0.800 bits per heavy atom. The molecule has 5 aromatic carbocycles. The van der Waals surface area contributed by atoms with E-state index < -0.39 is 69.7 Å². The Morgan fingerprint density at radius 1 is 0.455 bits per heavy atom. The smallest absolute Gasteiger partial charge is 0.310 e. The number of carbonyl (C=O) groups is 10. The van der Waals surface area contributed by atoms with Gasteiger partial charge in [-0.25, -0.2) is 13.2 Å². The zero-order valence-electron chi connectivity index (χ0n) is 61.7. The number of esters is 2. The number of pyridine rings is 3. The summed E-state index contributed by atoms with van der Waals surface area (Å²) in [6.45, 7) is 8.83. The quantitative estimate of drug-likeness (QED) is 0.0271. The van der Waals surface area contributed by atoms with Gasteiger partial charge < -0.3 is 66.4 Å². The van der Waals surface area contributed by atoms with Crippen LogP contribution in [0.4, 0.5) is 13.2 Å². The molecule has 6 aliphatic heterocycles. The number of nitrogens with one attached hydrogen (secondary N) is 1. The number of benzene rings is 5. The number of hydrogen-bond donors (Lipinski definition) is 2. The van der Waals surface area contributed by atoms with Gasteiger partial charge in [0.2, 0.25) is 28.1 Å². The first kappa shape index (κ1) is 82.3. The minimum Gasteiger partial charge on any atom is -1.00 e. The molecule has 8 aromatic rings. The number of halogens is 3. The van der Waals surface area contributed by atoms with Gasteiger partial charge in [0, 0.05) is 127 Å². The molecule has 3 fully saturated rings. The second-order valence-electron chi connectivity index (χ2n) is 26.3. The fourth-order valence-electron chi connectivity index (χ4n) is 13.6. The molecular formula is C80H82F3N9O17Pd-2. The van der Waals surface area contributed by atoms with E-state index in [2.05, 4.69) is 10.1 Å². The number of ether oxygens (including phenoxy) is 3. The van der Waals surface area contributed by atoms with Gasteiger partial charge in [-0.3, -0.25) is 67.6 Å². The number of rotatable bonds is 18. The van der Waals surface area contributed by atoms with Crippen LogP contribution in [0.2, 0.25) is 0 Å². The Hall–Kier alpha value is -11.7. The molecule has 6 aliphatic rings. The molecule has 0 radical (unpaired) electrons. The van der Waals surface area contributed by atoms with E-state index in [-0.39, 0.29) is 169 Å². The van der Waals surface area contributed by atoms with Crippen LogP contribution in [-0.4, -0.2) is 160 Å². The Bertz CT molecular complexity index is 5030. The number of fused-ring (bicyclic) bond motifs is 6.